The third kappa shape index (κ3) is 6.85. The standard InChI is InChI=1S/C32H33F2N2O5/c1-21(2)19-32(39)11-13-36(14-12-32)30(38)35-23-15-26(40-24-5-3-22(33)4-6-24)17-27(16-23)41-25-7-8-28(29(34)18-25)31(20-37)9-10-31/h3-8,15-18,21,39H,9-14,19H2,1-2H3,(H,35,38). The first-order chi connectivity index (χ1) is 19.6. The van der Waals surface area contributed by atoms with E-state index in [9.17, 15) is 23.5 Å². The molecule has 1 aliphatic carbocycles. The van der Waals surface area contributed by atoms with Gasteiger partial charge in [0.05, 0.1) is 11.0 Å². The molecule has 1 heterocycles. The lowest BCUT2D eigenvalue weighted by atomic mass is 9.84. The maximum atomic E-state index is 14.9. The predicted molar refractivity (Wildman–Crippen MR) is 150 cm³/mol. The average molecular weight is 564 g/mol. The lowest BCUT2D eigenvalue weighted by Gasteiger charge is -2.39. The van der Waals surface area contributed by atoms with E-state index >= 15 is 0 Å². The molecule has 2 aliphatic rings. The van der Waals surface area contributed by atoms with Crippen molar-refractivity contribution in [3.63, 3.8) is 0 Å². The summed E-state index contributed by atoms with van der Waals surface area (Å²) >= 11 is 0. The van der Waals surface area contributed by atoms with Gasteiger partial charge in [-0.05, 0) is 68.4 Å². The summed E-state index contributed by atoms with van der Waals surface area (Å²) in [5.41, 5.74) is -0.981. The first kappa shape index (κ1) is 28.5. The number of nitrogens with zero attached hydrogens (tertiary/aromatic N) is 1. The number of anilines is 1. The molecule has 9 heteroatoms. The minimum Gasteiger partial charge on any atom is -0.457 e. The number of carbonyl (C=O) groups excluding carboxylic acids is 2. The number of rotatable bonds is 9. The Morgan fingerprint density at radius 2 is 1.54 bits per heavy atom. The van der Waals surface area contributed by atoms with Crippen molar-refractivity contribution in [2.45, 2.75) is 57.0 Å². The molecular formula is C32H33F2N2O5. The van der Waals surface area contributed by atoms with Gasteiger partial charge in [0, 0.05) is 48.6 Å². The molecule has 2 fully saturated rings. The molecule has 2 amide bonds. The number of likely N-dealkylation sites (tertiary alicyclic amines) is 1. The zero-order chi connectivity index (χ0) is 29.2. The molecule has 0 spiro atoms. The van der Waals surface area contributed by atoms with Gasteiger partial charge in [-0.25, -0.2) is 13.6 Å². The van der Waals surface area contributed by atoms with Gasteiger partial charge in [0.1, 0.15) is 34.6 Å². The molecule has 0 unspecified atom stereocenters. The van der Waals surface area contributed by atoms with Crippen LogP contribution in [0.25, 0.3) is 0 Å². The van der Waals surface area contributed by atoms with Crippen molar-refractivity contribution in [3.8, 4) is 23.0 Å². The van der Waals surface area contributed by atoms with E-state index in [1.807, 2.05) is 6.29 Å². The number of hydrogen-bond acceptors (Lipinski definition) is 5. The fourth-order valence-electron chi connectivity index (χ4n) is 5.33. The number of halogens is 2. The van der Waals surface area contributed by atoms with E-state index in [2.05, 4.69) is 19.2 Å². The molecule has 215 valence electrons. The summed E-state index contributed by atoms with van der Waals surface area (Å²) in [4.78, 5) is 26.1. The molecule has 2 N–H and O–H groups in total. The van der Waals surface area contributed by atoms with E-state index in [0.717, 1.165) is 0 Å². The van der Waals surface area contributed by atoms with Crippen molar-refractivity contribution in [3.05, 3.63) is 77.9 Å². The van der Waals surface area contributed by atoms with Crippen LogP contribution in [-0.4, -0.2) is 41.0 Å². The smallest absolute Gasteiger partial charge is 0.321 e. The second kappa shape index (κ2) is 11.5. The van der Waals surface area contributed by atoms with Gasteiger partial charge >= 0.3 is 6.03 Å². The third-order valence-electron chi connectivity index (χ3n) is 7.59. The number of hydrogen-bond donors (Lipinski definition) is 2. The highest BCUT2D eigenvalue weighted by Crippen LogP contribution is 2.48. The number of aliphatic hydroxyl groups is 1. The number of ether oxygens (including phenoxy) is 2. The van der Waals surface area contributed by atoms with E-state index in [1.54, 1.807) is 29.2 Å². The second-order valence-corrected chi connectivity index (χ2v) is 11.4. The highest BCUT2D eigenvalue weighted by Gasteiger charge is 2.47. The minimum atomic E-state index is -0.873. The molecule has 41 heavy (non-hydrogen) atoms. The highest BCUT2D eigenvalue weighted by atomic mass is 19.1. The summed E-state index contributed by atoms with van der Waals surface area (Å²) in [5.74, 6) is 0.527. The van der Waals surface area contributed by atoms with Crippen molar-refractivity contribution in [2.75, 3.05) is 18.4 Å². The fourth-order valence-corrected chi connectivity index (χ4v) is 5.33. The fraction of sp³-hybridized carbons (Fsp3) is 0.375. The number of benzene rings is 3. The van der Waals surface area contributed by atoms with Crippen LogP contribution in [0.4, 0.5) is 19.3 Å². The lowest BCUT2D eigenvalue weighted by Crippen LogP contribution is -2.48. The molecule has 0 bridgehead atoms. The van der Waals surface area contributed by atoms with Crippen LogP contribution in [-0.2, 0) is 10.2 Å². The predicted octanol–water partition coefficient (Wildman–Crippen LogP) is 7.10. The van der Waals surface area contributed by atoms with Crippen molar-refractivity contribution in [2.24, 2.45) is 5.92 Å². The van der Waals surface area contributed by atoms with Crippen LogP contribution in [0.1, 0.15) is 51.5 Å². The normalized spacial score (nSPS) is 17.2. The molecule has 1 saturated heterocycles. The highest BCUT2D eigenvalue weighted by molar-refractivity contribution is 5.90. The summed E-state index contributed by atoms with van der Waals surface area (Å²) in [6, 6.07) is 14.2. The molecule has 3 aromatic carbocycles. The van der Waals surface area contributed by atoms with Gasteiger partial charge < -0.3 is 24.8 Å². The topological polar surface area (TPSA) is 88.1 Å². The lowest BCUT2D eigenvalue weighted by molar-refractivity contribution is -0.0268. The van der Waals surface area contributed by atoms with E-state index < -0.39 is 22.7 Å². The van der Waals surface area contributed by atoms with E-state index in [1.165, 1.54) is 36.4 Å². The van der Waals surface area contributed by atoms with Gasteiger partial charge in [0.25, 0.3) is 0 Å². The van der Waals surface area contributed by atoms with Gasteiger partial charge in [-0.2, -0.15) is 0 Å². The minimum absolute atomic E-state index is 0.199. The van der Waals surface area contributed by atoms with Crippen LogP contribution in [0.2, 0.25) is 0 Å². The largest absolute Gasteiger partial charge is 0.457 e. The van der Waals surface area contributed by atoms with Crippen molar-refractivity contribution in [1.82, 2.24) is 4.90 Å². The SMILES string of the molecule is CC(C)CC1(O)CCN(C(=O)Nc2cc(Oc3ccc(F)cc3)cc(Oc3ccc(C4([C]=O)CC4)c(F)c3)c2)CC1. The van der Waals surface area contributed by atoms with Crippen LogP contribution in [0.3, 0.4) is 0 Å². The number of piperidine rings is 1. The van der Waals surface area contributed by atoms with Crippen molar-refractivity contribution < 1.29 is 33.0 Å². The molecule has 1 aliphatic heterocycles. The van der Waals surface area contributed by atoms with Crippen LogP contribution < -0.4 is 14.8 Å². The first-order valence-electron chi connectivity index (χ1n) is 13.8. The van der Waals surface area contributed by atoms with Gasteiger partial charge in [0.15, 0.2) is 0 Å². The summed E-state index contributed by atoms with van der Waals surface area (Å²) in [6.45, 7) is 4.95. The number of urea groups is 1. The molecule has 1 saturated carbocycles. The molecule has 1 radical (unpaired) electrons. The maximum Gasteiger partial charge on any atom is 0.321 e. The Morgan fingerprint density at radius 1 is 0.927 bits per heavy atom. The molecule has 0 aromatic heterocycles. The number of amides is 2. The van der Waals surface area contributed by atoms with Gasteiger partial charge in [0.2, 0.25) is 6.29 Å². The van der Waals surface area contributed by atoms with Gasteiger partial charge in [-0.1, -0.05) is 19.9 Å². The van der Waals surface area contributed by atoms with Crippen LogP contribution in [0.5, 0.6) is 23.0 Å². The van der Waals surface area contributed by atoms with Gasteiger partial charge in [-0.15, -0.1) is 0 Å². The average Bonchev–Trinajstić information content (AvgIpc) is 3.71. The van der Waals surface area contributed by atoms with E-state index in [4.69, 9.17) is 9.47 Å². The Kier molecular flexibility index (Phi) is 8.00. The Balaban J connectivity index is 1.35. The Labute approximate surface area is 238 Å². The van der Waals surface area contributed by atoms with Crippen LogP contribution in [0.15, 0.2) is 60.7 Å². The maximum absolute atomic E-state index is 14.9. The van der Waals surface area contributed by atoms with Crippen LogP contribution in [0, 0.1) is 17.6 Å². The Bertz CT molecular complexity index is 1410. The summed E-state index contributed by atoms with van der Waals surface area (Å²) in [7, 11) is 0. The molecular weight excluding hydrogens is 530 g/mol. The molecule has 5 rings (SSSR count). The zero-order valence-corrected chi connectivity index (χ0v) is 23.1. The Morgan fingerprint density at radius 3 is 2.10 bits per heavy atom. The quantitative estimate of drug-likeness (QED) is 0.290. The zero-order valence-electron chi connectivity index (χ0n) is 23.1. The summed E-state index contributed by atoms with van der Waals surface area (Å²) < 4.78 is 40.1. The Hall–Kier alpha value is -3.98. The monoisotopic (exact) mass is 563 g/mol. The van der Waals surface area contributed by atoms with E-state index in [-0.39, 0.29) is 17.5 Å². The van der Waals surface area contributed by atoms with Crippen LogP contribution >= 0.6 is 0 Å². The molecule has 3 aromatic rings. The second-order valence-electron chi connectivity index (χ2n) is 11.4. The first-order valence-corrected chi connectivity index (χ1v) is 13.8. The van der Waals surface area contributed by atoms with Crippen molar-refractivity contribution >= 4 is 18.0 Å². The summed E-state index contributed by atoms with van der Waals surface area (Å²) in [5, 5.41) is 13.7. The van der Waals surface area contributed by atoms with E-state index in [0.29, 0.717) is 73.9 Å². The number of carbonyl (C=O) groups is 1. The molecule has 7 nitrogen and oxygen atoms in total. The molecule has 0 atom stereocenters. The number of nitrogens with one attached hydrogen (secondary N) is 1. The van der Waals surface area contributed by atoms with Gasteiger partial charge in [-0.3, -0.25) is 4.79 Å². The third-order valence-corrected chi connectivity index (χ3v) is 7.59. The summed E-state index contributed by atoms with van der Waals surface area (Å²) in [6.07, 6.45) is 4.74. The van der Waals surface area contributed by atoms with Crippen molar-refractivity contribution in [1.29, 1.82) is 0 Å².